The predicted octanol–water partition coefficient (Wildman–Crippen LogP) is 5.61. The Balaban J connectivity index is 1.45. The van der Waals surface area contributed by atoms with Crippen molar-refractivity contribution in [3.8, 4) is 5.75 Å². The van der Waals surface area contributed by atoms with E-state index in [-0.39, 0.29) is 30.1 Å². The zero-order chi connectivity index (χ0) is 27.1. The lowest BCUT2D eigenvalue weighted by Crippen LogP contribution is -2.68. The second kappa shape index (κ2) is 10.7. The third kappa shape index (κ3) is 5.41. The highest BCUT2D eigenvalue weighted by Crippen LogP contribution is 2.55. The van der Waals surface area contributed by atoms with Gasteiger partial charge in [0.1, 0.15) is 11.4 Å². The van der Waals surface area contributed by atoms with E-state index in [9.17, 15) is 14.7 Å². The summed E-state index contributed by atoms with van der Waals surface area (Å²) in [6, 6.07) is 12.6. The number of phenols is 1. The maximum atomic E-state index is 13.4. The van der Waals surface area contributed by atoms with Gasteiger partial charge in [-0.3, -0.25) is 14.5 Å². The van der Waals surface area contributed by atoms with Crippen LogP contribution < -0.4 is 0 Å². The molecule has 5 rings (SSSR count). The number of esters is 1. The Morgan fingerprint density at radius 3 is 2.58 bits per heavy atom. The van der Waals surface area contributed by atoms with Gasteiger partial charge in [0.25, 0.3) is 0 Å². The van der Waals surface area contributed by atoms with Crippen molar-refractivity contribution in [3.05, 3.63) is 63.6 Å². The van der Waals surface area contributed by atoms with Crippen LogP contribution in [0.2, 0.25) is 10.0 Å². The number of phenolic OH excluding ortho intramolecular Hbond substituents is 1. The van der Waals surface area contributed by atoms with Crippen LogP contribution in [0.5, 0.6) is 5.75 Å². The molecule has 2 aromatic rings. The molecule has 1 aliphatic heterocycles. The molecule has 38 heavy (non-hydrogen) atoms. The van der Waals surface area contributed by atoms with Gasteiger partial charge < -0.3 is 14.7 Å². The van der Waals surface area contributed by atoms with Crippen LogP contribution in [0.3, 0.4) is 0 Å². The first-order valence-electron chi connectivity index (χ1n) is 13.5. The highest BCUT2D eigenvalue weighted by Gasteiger charge is 2.61. The first kappa shape index (κ1) is 27.3. The van der Waals surface area contributed by atoms with Crippen molar-refractivity contribution >= 4 is 35.1 Å². The van der Waals surface area contributed by atoms with E-state index in [2.05, 4.69) is 4.90 Å². The Labute approximate surface area is 234 Å². The minimum absolute atomic E-state index is 0.00519. The lowest BCUT2D eigenvalue weighted by atomic mass is 9.55. The maximum absolute atomic E-state index is 13.4. The molecule has 1 N–H and O–H groups in total. The summed E-state index contributed by atoms with van der Waals surface area (Å²) in [6.45, 7) is 4.08. The number of fused-ring (bicyclic) bond motifs is 1. The number of piperidine rings is 1. The number of amides is 1. The molecule has 1 saturated heterocycles. The highest BCUT2D eigenvalue weighted by molar-refractivity contribution is 6.42. The first-order valence-corrected chi connectivity index (χ1v) is 14.3. The average molecular weight is 560 g/mol. The van der Waals surface area contributed by atoms with Crippen LogP contribution >= 0.6 is 23.2 Å². The van der Waals surface area contributed by atoms with Gasteiger partial charge in [0, 0.05) is 38.5 Å². The van der Waals surface area contributed by atoms with Crippen LogP contribution in [0.1, 0.15) is 56.6 Å². The van der Waals surface area contributed by atoms with Crippen LogP contribution in [-0.4, -0.2) is 65.1 Å². The molecule has 6 nitrogen and oxygen atoms in total. The normalized spacial score (nSPS) is 27.4. The van der Waals surface area contributed by atoms with Gasteiger partial charge in [-0.25, -0.2) is 0 Å². The quantitative estimate of drug-likeness (QED) is 0.447. The number of likely N-dealkylation sites (N-methyl/N-ethyl adjacent to an activating group) is 1. The number of benzene rings is 2. The first-order chi connectivity index (χ1) is 18.1. The summed E-state index contributed by atoms with van der Waals surface area (Å²) >= 11 is 12.2. The zero-order valence-electron chi connectivity index (χ0n) is 22.1. The largest absolute Gasteiger partial charge is 0.508 e. The van der Waals surface area contributed by atoms with E-state index in [1.807, 2.05) is 36.2 Å². The van der Waals surface area contributed by atoms with Crippen LogP contribution in [0.4, 0.5) is 0 Å². The number of likely N-dealkylation sites (tertiary alicyclic amines) is 1. The molecule has 1 heterocycles. The Morgan fingerprint density at radius 1 is 1.11 bits per heavy atom. The Bertz CT molecular complexity index is 1220. The van der Waals surface area contributed by atoms with Crippen molar-refractivity contribution in [2.24, 2.45) is 5.92 Å². The molecule has 0 spiro atoms. The standard InChI is InChI=1S/C30H36Cl2N2O4/c1-20(35)38-30-11-10-24(33(2)28(37)15-22-8-9-26(31)27(32)14-22)17-29(30,23-4-3-5-25(36)16-23)12-13-34(19-30)18-21-6-7-21/h3-5,8-9,14,16,21,24,36H,6-7,10-13,15,17-19H2,1-2H3/t24-,29-,30-/m0/s1. The second-order valence-electron chi connectivity index (χ2n) is 11.5. The Morgan fingerprint density at radius 2 is 1.89 bits per heavy atom. The van der Waals surface area contributed by atoms with E-state index in [0.29, 0.717) is 29.4 Å². The number of halogens is 2. The molecule has 0 unspecified atom stereocenters. The van der Waals surface area contributed by atoms with Gasteiger partial charge in [-0.05, 0) is 86.4 Å². The molecule has 3 atom stereocenters. The number of rotatable bonds is 7. The number of ether oxygens (including phenoxy) is 1. The van der Waals surface area contributed by atoms with Gasteiger partial charge in [-0.1, -0.05) is 41.4 Å². The summed E-state index contributed by atoms with van der Waals surface area (Å²) in [5.74, 6) is 0.648. The molecular formula is C30H36Cl2N2O4. The lowest BCUT2D eigenvalue weighted by Gasteiger charge is -2.60. The van der Waals surface area contributed by atoms with Crippen molar-refractivity contribution in [1.82, 2.24) is 9.80 Å². The monoisotopic (exact) mass is 558 g/mol. The number of aromatic hydroxyl groups is 1. The number of hydrogen-bond donors (Lipinski definition) is 1. The fraction of sp³-hybridized carbons (Fsp3) is 0.533. The minimum Gasteiger partial charge on any atom is -0.508 e. The third-order valence-electron chi connectivity index (χ3n) is 8.90. The van der Waals surface area contributed by atoms with Gasteiger partial charge in [0.15, 0.2) is 0 Å². The van der Waals surface area contributed by atoms with E-state index in [0.717, 1.165) is 43.0 Å². The Hall–Kier alpha value is -2.28. The predicted molar refractivity (Wildman–Crippen MR) is 149 cm³/mol. The fourth-order valence-electron chi connectivity index (χ4n) is 6.77. The average Bonchev–Trinajstić information content (AvgIpc) is 3.69. The molecule has 2 saturated carbocycles. The summed E-state index contributed by atoms with van der Waals surface area (Å²) in [6.07, 6.45) is 5.60. The molecule has 2 aliphatic carbocycles. The molecule has 3 aliphatic rings. The second-order valence-corrected chi connectivity index (χ2v) is 12.3. The van der Waals surface area contributed by atoms with E-state index < -0.39 is 11.0 Å². The lowest BCUT2D eigenvalue weighted by molar-refractivity contribution is -0.190. The number of carbonyl (C=O) groups is 2. The summed E-state index contributed by atoms with van der Waals surface area (Å²) in [4.78, 5) is 30.3. The van der Waals surface area contributed by atoms with Crippen molar-refractivity contribution in [2.75, 3.05) is 26.7 Å². The van der Waals surface area contributed by atoms with Crippen LogP contribution in [-0.2, 0) is 26.2 Å². The molecule has 2 aromatic carbocycles. The number of hydrogen-bond acceptors (Lipinski definition) is 5. The number of nitrogens with zero attached hydrogens (tertiary/aromatic N) is 2. The molecular weight excluding hydrogens is 523 g/mol. The molecule has 8 heteroatoms. The summed E-state index contributed by atoms with van der Waals surface area (Å²) in [5.41, 5.74) is 0.555. The summed E-state index contributed by atoms with van der Waals surface area (Å²) < 4.78 is 6.33. The van der Waals surface area contributed by atoms with Gasteiger partial charge in [-0.2, -0.15) is 0 Å². The van der Waals surface area contributed by atoms with Crippen molar-refractivity contribution in [2.45, 2.75) is 68.9 Å². The van der Waals surface area contributed by atoms with Crippen LogP contribution in [0.25, 0.3) is 0 Å². The molecule has 204 valence electrons. The SMILES string of the molecule is CC(=O)O[C@]12CC[C@H](N(C)C(=O)Cc3ccc(Cl)c(Cl)c3)C[C@]1(c1cccc(O)c1)CCN(CC1CC1)C2. The van der Waals surface area contributed by atoms with Gasteiger partial charge in [0.05, 0.1) is 16.5 Å². The zero-order valence-corrected chi connectivity index (χ0v) is 23.6. The molecule has 3 fully saturated rings. The molecule has 0 aromatic heterocycles. The van der Waals surface area contributed by atoms with Gasteiger partial charge >= 0.3 is 5.97 Å². The van der Waals surface area contributed by atoms with Gasteiger partial charge in [0.2, 0.25) is 5.91 Å². The van der Waals surface area contributed by atoms with E-state index in [1.165, 1.54) is 19.8 Å². The topological polar surface area (TPSA) is 70.1 Å². The van der Waals surface area contributed by atoms with Crippen LogP contribution in [0.15, 0.2) is 42.5 Å². The minimum atomic E-state index is -0.718. The van der Waals surface area contributed by atoms with Crippen molar-refractivity contribution in [1.29, 1.82) is 0 Å². The van der Waals surface area contributed by atoms with Gasteiger partial charge in [-0.15, -0.1) is 0 Å². The van der Waals surface area contributed by atoms with Crippen LogP contribution in [0, 0.1) is 5.92 Å². The summed E-state index contributed by atoms with van der Waals surface area (Å²) in [5, 5.41) is 11.3. The maximum Gasteiger partial charge on any atom is 0.303 e. The van der Waals surface area contributed by atoms with E-state index in [1.54, 1.807) is 18.2 Å². The number of carbonyl (C=O) groups excluding carboxylic acids is 2. The summed E-state index contributed by atoms with van der Waals surface area (Å²) in [7, 11) is 1.86. The highest BCUT2D eigenvalue weighted by atomic mass is 35.5. The van der Waals surface area contributed by atoms with Crippen molar-refractivity contribution < 1.29 is 19.4 Å². The Kier molecular flexibility index (Phi) is 7.69. The molecule has 0 radical (unpaired) electrons. The molecule has 0 bridgehead atoms. The van der Waals surface area contributed by atoms with E-state index in [4.69, 9.17) is 27.9 Å². The van der Waals surface area contributed by atoms with Crippen molar-refractivity contribution in [3.63, 3.8) is 0 Å². The molecule has 1 amide bonds. The third-order valence-corrected chi connectivity index (χ3v) is 9.64. The van der Waals surface area contributed by atoms with E-state index >= 15 is 0 Å². The fourth-order valence-corrected chi connectivity index (χ4v) is 7.09. The smallest absolute Gasteiger partial charge is 0.303 e.